The van der Waals surface area contributed by atoms with Gasteiger partial charge in [-0.25, -0.2) is 14.0 Å². The van der Waals surface area contributed by atoms with Crippen molar-refractivity contribution in [3.63, 3.8) is 0 Å². The standard InChI is InChI=1S/C19H22FN3O6/c1-2-29-19(28)22-5-3-21(4-6-22)16-10-15-12(9-14(16)20)17(25)13(18(26)27)11-23(15)7-8-24/h9-11,24H,2-8H2,1H3,(H,26,27). The number of hydrogen-bond donors (Lipinski definition) is 2. The largest absolute Gasteiger partial charge is 0.477 e. The van der Waals surface area contributed by atoms with E-state index in [-0.39, 0.29) is 30.8 Å². The summed E-state index contributed by atoms with van der Waals surface area (Å²) in [5.41, 5.74) is -0.686. The number of aliphatic hydroxyl groups is 1. The van der Waals surface area contributed by atoms with Gasteiger partial charge in [0.05, 0.1) is 24.4 Å². The van der Waals surface area contributed by atoms with Crippen molar-refractivity contribution in [1.82, 2.24) is 9.47 Å². The molecule has 156 valence electrons. The molecule has 1 amide bonds. The summed E-state index contributed by atoms with van der Waals surface area (Å²) in [6.07, 6.45) is 0.743. The fraction of sp³-hybridized carbons (Fsp3) is 0.421. The number of fused-ring (bicyclic) bond motifs is 1. The number of ether oxygens (including phenoxy) is 1. The molecular weight excluding hydrogens is 385 g/mol. The fourth-order valence-corrected chi connectivity index (χ4v) is 3.43. The van der Waals surface area contributed by atoms with Crippen LogP contribution in [0.1, 0.15) is 17.3 Å². The number of pyridine rings is 1. The van der Waals surface area contributed by atoms with Crippen molar-refractivity contribution in [3.8, 4) is 0 Å². The summed E-state index contributed by atoms with van der Waals surface area (Å²) in [4.78, 5) is 38.9. The van der Waals surface area contributed by atoms with E-state index in [4.69, 9.17) is 4.74 Å². The maximum absolute atomic E-state index is 14.8. The molecule has 1 aromatic heterocycles. The first-order valence-electron chi connectivity index (χ1n) is 9.24. The molecule has 0 saturated carbocycles. The highest BCUT2D eigenvalue weighted by Gasteiger charge is 2.25. The molecule has 29 heavy (non-hydrogen) atoms. The molecule has 10 heteroatoms. The second-order valence-corrected chi connectivity index (χ2v) is 6.59. The number of anilines is 1. The molecule has 9 nitrogen and oxygen atoms in total. The second kappa shape index (κ2) is 8.48. The number of rotatable bonds is 5. The van der Waals surface area contributed by atoms with E-state index in [1.165, 1.54) is 10.6 Å². The molecule has 0 bridgehead atoms. The van der Waals surface area contributed by atoms with E-state index in [1.54, 1.807) is 16.7 Å². The van der Waals surface area contributed by atoms with Gasteiger partial charge in [-0.1, -0.05) is 0 Å². The lowest BCUT2D eigenvalue weighted by molar-refractivity contribution is 0.0694. The summed E-state index contributed by atoms with van der Waals surface area (Å²) in [6.45, 7) is 3.24. The van der Waals surface area contributed by atoms with E-state index in [1.807, 2.05) is 0 Å². The minimum Gasteiger partial charge on any atom is -0.477 e. The molecule has 0 spiro atoms. The number of hydrogen-bond acceptors (Lipinski definition) is 6. The number of aromatic carboxylic acids is 1. The summed E-state index contributed by atoms with van der Waals surface area (Å²) in [7, 11) is 0. The summed E-state index contributed by atoms with van der Waals surface area (Å²) >= 11 is 0. The van der Waals surface area contributed by atoms with E-state index in [2.05, 4.69) is 0 Å². The van der Waals surface area contributed by atoms with Crippen molar-refractivity contribution >= 4 is 28.7 Å². The van der Waals surface area contributed by atoms with Gasteiger partial charge in [0, 0.05) is 44.3 Å². The lowest BCUT2D eigenvalue weighted by atomic mass is 10.1. The van der Waals surface area contributed by atoms with Crippen LogP contribution in [-0.2, 0) is 11.3 Å². The predicted octanol–water partition coefficient (Wildman–Crippen LogP) is 1.11. The highest BCUT2D eigenvalue weighted by molar-refractivity contribution is 5.93. The van der Waals surface area contributed by atoms with Gasteiger partial charge in [0.1, 0.15) is 11.4 Å². The molecule has 1 aliphatic heterocycles. The third kappa shape index (κ3) is 4.02. The van der Waals surface area contributed by atoms with Gasteiger partial charge in [-0.15, -0.1) is 0 Å². The first kappa shape index (κ1) is 20.6. The Morgan fingerprint density at radius 2 is 1.90 bits per heavy atom. The van der Waals surface area contributed by atoms with Crippen molar-refractivity contribution < 1.29 is 28.9 Å². The smallest absolute Gasteiger partial charge is 0.409 e. The van der Waals surface area contributed by atoms with Gasteiger partial charge in [0.2, 0.25) is 5.43 Å². The molecule has 0 unspecified atom stereocenters. The Balaban J connectivity index is 1.98. The zero-order chi connectivity index (χ0) is 21.1. The van der Waals surface area contributed by atoms with Gasteiger partial charge in [-0.2, -0.15) is 0 Å². The van der Waals surface area contributed by atoms with Crippen LogP contribution in [0.3, 0.4) is 0 Å². The number of piperazine rings is 1. The quantitative estimate of drug-likeness (QED) is 0.764. The molecule has 0 atom stereocenters. The van der Waals surface area contributed by atoms with Crippen LogP contribution >= 0.6 is 0 Å². The first-order chi connectivity index (χ1) is 13.9. The second-order valence-electron chi connectivity index (χ2n) is 6.59. The summed E-state index contributed by atoms with van der Waals surface area (Å²) in [6, 6.07) is 2.51. The molecule has 2 aromatic rings. The molecule has 1 saturated heterocycles. The maximum atomic E-state index is 14.8. The number of aliphatic hydroxyl groups excluding tert-OH is 1. The maximum Gasteiger partial charge on any atom is 0.409 e. The van der Waals surface area contributed by atoms with E-state index >= 15 is 0 Å². The van der Waals surface area contributed by atoms with Gasteiger partial charge < -0.3 is 29.3 Å². The lowest BCUT2D eigenvalue weighted by Gasteiger charge is -2.35. The third-order valence-electron chi connectivity index (χ3n) is 4.87. The summed E-state index contributed by atoms with van der Waals surface area (Å²) in [5, 5.41) is 18.5. The molecule has 2 heterocycles. The van der Waals surface area contributed by atoms with E-state index in [0.29, 0.717) is 31.7 Å². The number of aromatic nitrogens is 1. The predicted molar refractivity (Wildman–Crippen MR) is 103 cm³/mol. The number of amides is 1. The average molecular weight is 407 g/mol. The monoisotopic (exact) mass is 407 g/mol. The number of nitrogens with zero attached hydrogens (tertiary/aromatic N) is 3. The number of carbonyl (C=O) groups is 2. The molecule has 1 aromatic carbocycles. The number of carbonyl (C=O) groups excluding carboxylic acids is 1. The highest BCUT2D eigenvalue weighted by Crippen LogP contribution is 2.26. The van der Waals surface area contributed by atoms with Crippen molar-refractivity contribution in [3.05, 3.63) is 39.9 Å². The Hall–Kier alpha value is -3.14. The first-order valence-corrected chi connectivity index (χ1v) is 9.24. The molecule has 0 radical (unpaired) electrons. The van der Waals surface area contributed by atoms with Gasteiger partial charge in [-0.3, -0.25) is 4.79 Å². The van der Waals surface area contributed by atoms with E-state index in [0.717, 1.165) is 12.3 Å². The Morgan fingerprint density at radius 3 is 2.48 bits per heavy atom. The molecule has 3 rings (SSSR count). The zero-order valence-corrected chi connectivity index (χ0v) is 15.9. The Labute approximate surface area is 165 Å². The van der Waals surface area contributed by atoms with Crippen LogP contribution in [0.4, 0.5) is 14.9 Å². The number of benzene rings is 1. The Morgan fingerprint density at radius 1 is 1.21 bits per heavy atom. The van der Waals surface area contributed by atoms with Crippen LogP contribution in [0, 0.1) is 5.82 Å². The van der Waals surface area contributed by atoms with Crippen LogP contribution in [0.25, 0.3) is 10.9 Å². The minimum absolute atomic E-state index is 0.0543. The topological polar surface area (TPSA) is 112 Å². The molecule has 0 aliphatic carbocycles. The molecule has 2 N–H and O–H groups in total. The SMILES string of the molecule is CCOC(=O)N1CCN(c2cc3c(cc2F)c(=O)c(C(=O)O)cn3CCO)CC1. The van der Waals surface area contributed by atoms with Crippen LogP contribution in [0.2, 0.25) is 0 Å². The van der Waals surface area contributed by atoms with Crippen molar-refractivity contribution in [1.29, 1.82) is 0 Å². The number of halogens is 1. The summed E-state index contributed by atoms with van der Waals surface area (Å²) < 4.78 is 21.2. The van der Waals surface area contributed by atoms with Crippen LogP contribution in [0.5, 0.6) is 0 Å². The molecule has 1 aliphatic rings. The fourth-order valence-electron chi connectivity index (χ4n) is 3.43. The normalized spacial score (nSPS) is 14.3. The summed E-state index contributed by atoms with van der Waals surface area (Å²) in [5.74, 6) is -2.07. The van der Waals surface area contributed by atoms with Gasteiger partial charge in [-0.05, 0) is 19.1 Å². The zero-order valence-electron chi connectivity index (χ0n) is 15.9. The lowest BCUT2D eigenvalue weighted by Crippen LogP contribution is -2.49. The van der Waals surface area contributed by atoms with Gasteiger partial charge >= 0.3 is 12.1 Å². The Kier molecular flexibility index (Phi) is 6.02. The van der Waals surface area contributed by atoms with E-state index in [9.17, 15) is 29.0 Å². The Bertz CT molecular complexity index is 998. The van der Waals surface area contributed by atoms with Gasteiger partial charge in [0.25, 0.3) is 0 Å². The highest BCUT2D eigenvalue weighted by atomic mass is 19.1. The van der Waals surface area contributed by atoms with E-state index < -0.39 is 28.9 Å². The number of carboxylic acid groups (broad SMARTS) is 1. The van der Waals surface area contributed by atoms with Crippen LogP contribution in [-0.4, -0.2) is 71.1 Å². The van der Waals surface area contributed by atoms with Crippen LogP contribution in [0.15, 0.2) is 23.1 Å². The van der Waals surface area contributed by atoms with Crippen LogP contribution < -0.4 is 10.3 Å². The molecule has 1 fully saturated rings. The van der Waals surface area contributed by atoms with Crippen molar-refractivity contribution in [2.75, 3.05) is 44.3 Å². The molecular formula is C19H22FN3O6. The average Bonchev–Trinajstić information content (AvgIpc) is 2.70. The third-order valence-corrected chi connectivity index (χ3v) is 4.87. The minimum atomic E-state index is -1.41. The van der Waals surface area contributed by atoms with Crippen molar-refractivity contribution in [2.24, 2.45) is 0 Å². The van der Waals surface area contributed by atoms with Gasteiger partial charge in [0.15, 0.2) is 0 Å². The number of carboxylic acids is 1. The van der Waals surface area contributed by atoms with Crippen molar-refractivity contribution in [2.45, 2.75) is 13.5 Å².